The van der Waals surface area contributed by atoms with Gasteiger partial charge >= 0.3 is 0 Å². The van der Waals surface area contributed by atoms with Crippen molar-refractivity contribution in [3.8, 4) is 11.8 Å². The topological polar surface area (TPSA) is 134 Å². The summed E-state index contributed by atoms with van der Waals surface area (Å²) in [6.45, 7) is 1.45. The van der Waals surface area contributed by atoms with E-state index in [-0.39, 0.29) is 18.2 Å². The number of fused-ring (bicyclic) bond motifs is 2. The molecule has 0 radical (unpaired) electrons. The number of hydrogen-bond donors (Lipinski definition) is 2. The first-order valence-electron chi connectivity index (χ1n) is 12.2. The maximum absolute atomic E-state index is 13.2. The van der Waals surface area contributed by atoms with Crippen molar-refractivity contribution >= 4 is 27.6 Å². The Balaban J connectivity index is 1.32. The number of carbonyl (C=O) groups is 2. The summed E-state index contributed by atoms with van der Waals surface area (Å²) in [5.41, 5.74) is 8.66. The molecule has 38 heavy (non-hydrogen) atoms. The zero-order chi connectivity index (χ0) is 26.9. The summed E-state index contributed by atoms with van der Waals surface area (Å²) in [6.07, 6.45) is 1.13. The van der Waals surface area contributed by atoms with Crippen LogP contribution in [0.15, 0.2) is 65.1 Å². The molecule has 5 rings (SSSR count). The molecule has 1 spiro atoms. The van der Waals surface area contributed by atoms with Crippen molar-refractivity contribution in [2.24, 2.45) is 5.73 Å². The fourth-order valence-corrected chi connectivity index (χ4v) is 5.66. The lowest BCUT2D eigenvalue weighted by atomic mass is 9.74. The van der Waals surface area contributed by atoms with Crippen molar-refractivity contribution in [3.05, 3.63) is 88.9 Å². The Morgan fingerprint density at radius 3 is 2.45 bits per heavy atom. The summed E-state index contributed by atoms with van der Waals surface area (Å²) in [6, 6.07) is 18.3. The van der Waals surface area contributed by atoms with Gasteiger partial charge in [0.25, 0.3) is 16.0 Å². The van der Waals surface area contributed by atoms with Crippen LogP contribution in [-0.2, 0) is 26.9 Å². The van der Waals surface area contributed by atoms with Crippen LogP contribution in [0.4, 0.5) is 5.69 Å². The molecule has 196 valence electrons. The minimum atomic E-state index is -4.47. The van der Waals surface area contributed by atoms with E-state index in [4.69, 9.17) is 10.2 Å². The molecule has 1 saturated heterocycles. The molecular weight excluding hydrogens is 506 g/mol. The maximum atomic E-state index is 13.2. The van der Waals surface area contributed by atoms with Crippen LogP contribution in [0.25, 0.3) is 0 Å². The number of carbonyl (C=O) groups excluding carboxylic acids is 2. The molecule has 2 aliphatic heterocycles. The molecule has 0 aliphatic carbocycles. The number of piperidine rings is 1. The Labute approximate surface area is 221 Å². The quantitative estimate of drug-likeness (QED) is 0.389. The normalized spacial score (nSPS) is 16.2. The van der Waals surface area contributed by atoms with E-state index in [1.54, 1.807) is 29.2 Å². The van der Waals surface area contributed by atoms with Crippen LogP contribution in [0.5, 0.6) is 0 Å². The van der Waals surface area contributed by atoms with Crippen molar-refractivity contribution in [3.63, 3.8) is 0 Å². The molecule has 0 atom stereocenters. The van der Waals surface area contributed by atoms with Gasteiger partial charge in [-0.3, -0.25) is 14.1 Å². The van der Waals surface area contributed by atoms with Crippen molar-refractivity contribution in [2.45, 2.75) is 24.8 Å². The summed E-state index contributed by atoms with van der Waals surface area (Å²) in [4.78, 5) is 29.1. The van der Waals surface area contributed by atoms with Gasteiger partial charge in [-0.1, -0.05) is 36.3 Å². The van der Waals surface area contributed by atoms with Gasteiger partial charge in [0.2, 0.25) is 5.91 Å². The third-order valence-corrected chi connectivity index (χ3v) is 7.77. The molecule has 2 aliphatic rings. The Hall–Kier alpha value is -3.91. The standard InChI is InChI=1S/C28H27N3O6S/c29-17-21-7-10-24-23(16-21)28(19-31(24)26(32)18-38(34,35)36)12-14-30(15-13-28)27(33)25-11-9-22(37-25)8-6-20-4-2-1-3-5-20/h1-5,7,9-11,16H,12-15,17-19,29H2,(H,34,35,36). The number of anilines is 1. The van der Waals surface area contributed by atoms with Gasteiger partial charge < -0.3 is 20.0 Å². The van der Waals surface area contributed by atoms with Crippen molar-refractivity contribution in [2.75, 3.05) is 30.3 Å². The molecule has 0 saturated carbocycles. The molecule has 0 unspecified atom stereocenters. The van der Waals surface area contributed by atoms with Gasteiger partial charge in [0, 0.05) is 42.8 Å². The van der Waals surface area contributed by atoms with E-state index in [1.807, 2.05) is 36.4 Å². The van der Waals surface area contributed by atoms with E-state index >= 15 is 0 Å². The summed E-state index contributed by atoms with van der Waals surface area (Å²) in [5, 5.41) is 0. The molecule has 0 bridgehead atoms. The van der Waals surface area contributed by atoms with Crippen LogP contribution in [0.2, 0.25) is 0 Å². The second-order valence-corrected chi connectivity index (χ2v) is 11.1. The molecule has 9 nitrogen and oxygen atoms in total. The number of amides is 2. The molecular formula is C28H27N3O6S. The summed E-state index contributed by atoms with van der Waals surface area (Å²) < 4.78 is 37.7. The van der Waals surface area contributed by atoms with Crippen LogP contribution in [0.3, 0.4) is 0 Å². The molecule has 3 N–H and O–H groups in total. The van der Waals surface area contributed by atoms with Gasteiger partial charge in [-0.2, -0.15) is 8.42 Å². The highest BCUT2D eigenvalue weighted by atomic mass is 32.2. The van der Waals surface area contributed by atoms with E-state index in [1.165, 1.54) is 4.90 Å². The minimum absolute atomic E-state index is 0.209. The number of rotatable bonds is 4. The van der Waals surface area contributed by atoms with Crippen LogP contribution in [0, 0.1) is 11.8 Å². The summed E-state index contributed by atoms with van der Waals surface area (Å²) in [7, 11) is -4.47. The van der Waals surface area contributed by atoms with Crippen molar-refractivity contribution < 1.29 is 27.0 Å². The second kappa shape index (κ2) is 10.1. The fraction of sp³-hybridized carbons (Fsp3) is 0.286. The minimum Gasteiger partial charge on any atom is -0.443 e. The van der Waals surface area contributed by atoms with Crippen molar-refractivity contribution in [1.82, 2.24) is 4.90 Å². The molecule has 2 aromatic carbocycles. The van der Waals surface area contributed by atoms with Gasteiger partial charge in [-0.25, -0.2) is 0 Å². The molecule has 3 heterocycles. The first kappa shape index (κ1) is 25.7. The Morgan fingerprint density at radius 1 is 1.03 bits per heavy atom. The first-order chi connectivity index (χ1) is 18.2. The highest BCUT2D eigenvalue weighted by Gasteiger charge is 2.47. The maximum Gasteiger partial charge on any atom is 0.289 e. The number of benzene rings is 2. The number of likely N-dealkylation sites (tertiary alicyclic amines) is 1. The SMILES string of the molecule is NCc1ccc2c(c1)C1(CCN(C(=O)c3ccc(C#Cc4ccccc4)o3)CC1)CN2C(=O)CS(=O)(=O)O. The number of nitrogens with zero attached hydrogens (tertiary/aromatic N) is 2. The van der Waals surface area contributed by atoms with E-state index < -0.39 is 27.2 Å². The van der Waals surface area contributed by atoms with Gasteiger partial charge in [0.15, 0.2) is 17.3 Å². The molecule has 1 aromatic heterocycles. The Kier molecular flexibility index (Phi) is 6.84. The highest BCUT2D eigenvalue weighted by Crippen LogP contribution is 2.47. The van der Waals surface area contributed by atoms with Crippen LogP contribution in [0.1, 0.15) is 45.8 Å². The zero-order valence-corrected chi connectivity index (χ0v) is 21.4. The molecule has 2 amide bonds. The summed E-state index contributed by atoms with van der Waals surface area (Å²) in [5.74, 6) is 4.64. The lowest BCUT2D eigenvalue weighted by Crippen LogP contribution is -2.48. The number of nitrogens with two attached hydrogens (primary N) is 1. The smallest absolute Gasteiger partial charge is 0.289 e. The van der Waals surface area contributed by atoms with E-state index in [2.05, 4.69) is 11.8 Å². The van der Waals surface area contributed by atoms with Gasteiger partial charge in [0.05, 0.1) is 0 Å². The molecule has 3 aromatic rings. The number of furan rings is 1. The van der Waals surface area contributed by atoms with Gasteiger partial charge in [0.1, 0.15) is 0 Å². The van der Waals surface area contributed by atoms with Gasteiger partial charge in [-0.05, 0) is 60.2 Å². The predicted octanol–water partition coefficient (Wildman–Crippen LogP) is 2.55. The highest BCUT2D eigenvalue weighted by molar-refractivity contribution is 7.86. The summed E-state index contributed by atoms with van der Waals surface area (Å²) >= 11 is 0. The largest absolute Gasteiger partial charge is 0.443 e. The van der Waals surface area contributed by atoms with E-state index in [0.29, 0.717) is 43.9 Å². The number of hydrogen-bond acceptors (Lipinski definition) is 6. The van der Waals surface area contributed by atoms with E-state index in [9.17, 15) is 22.6 Å². The van der Waals surface area contributed by atoms with Gasteiger partial charge in [-0.15, -0.1) is 0 Å². The lowest BCUT2D eigenvalue weighted by Gasteiger charge is -2.39. The zero-order valence-electron chi connectivity index (χ0n) is 20.6. The average Bonchev–Trinajstić information content (AvgIpc) is 3.50. The van der Waals surface area contributed by atoms with Crippen molar-refractivity contribution in [1.29, 1.82) is 0 Å². The predicted molar refractivity (Wildman–Crippen MR) is 141 cm³/mol. The lowest BCUT2D eigenvalue weighted by molar-refractivity contribution is -0.116. The average molecular weight is 534 g/mol. The second-order valence-electron chi connectivity index (χ2n) is 9.61. The monoisotopic (exact) mass is 533 g/mol. The third kappa shape index (κ3) is 5.22. The Bertz CT molecular complexity index is 1540. The van der Waals surface area contributed by atoms with Crippen LogP contribution < -0.4 is 10.6 Å². The van der Waals surface area contributed by atoms with Crippen LogP contribution >= 0.6 is 0 Å². The molecule has 10 heteroatoms. The third-order valence-electron chi connectivity index (χ3n) is 7.15. The van der Waals surface area contributed by atoms with Crippen LogP contribution in [-0.4, -0.2) is 55.1 Å². The Morgan fingerprint density at radius 2 is 1.76 bits per heavy atom. The molecule has 1 fully saturated rings. The van der Waals surface area contributed by atoms with E-state index in [0.717, 1.165) is 16.7 Å². The fourth-order valence-electron chi connectivity index (χ4n) is 5.20. The first-order valence-corrected chi connectivity index (χ1v) is 13.8.